The molecule has 3 nitrogen and oxygen atoms in total. The van der Waals surface area contributed by atoms with Crippen molar-refractivity contribution in [3.05, 3.63) is 23.9 Å². The van der Waals surface area contributed by atoms with Crippen LogP contribution in [0.25, 0.3) is 0 Å². The second kappa shape index (κ2) is 8.38. The molecule has 1 heterocycles. The van der Waals surface area contributed by atoms with E-state index < -0.39 is 0 Å². The van der Waals surface area contributed by atoms with E-state index in [-0.39, 0.29) is 0 Å². The first-order valence-electron chi connectivity index (χ1n) is 8.50. The average Bonchev–Trinajstić information content (AvgIpc) is 2.49. The van der Waals surface area contributed by atoms with Crippen LogP contribution in [0.15, 0.2) is 18.3 Å². The van der Waals surface area contributed by atoms with Crippen LogP contribution in [0.3, 0.4) is 0 Å². The maximum Gasteiger partial charge on any atom is 0.218 e. The molecule has 2 unspecified atom stereocenters. The van der Waals surface area contributed by atoms with E-state index in [9.17, 15) is 0 Å². The van der Waals surface area contributed by atoms with Crippen LogP contribution in [0.1, 0.15) is 58.4 Å². The van der Waals surface area contributed by atoms with Gasteiger partial charge >= 0.3 is 0 Å². The van der Waals surface area contributed by atoms with Gasteiger partial charge in [-0.3, -0.25) is 0 Å². The zero-order valence-electron chi connectivity index (χ0n) is 13.8. The van der Waals surface area contributed by atoms with Gasteiger partial charge in [-0.1, -0.05) is 39.7 Å². The Morgan fingerprint density at radius 1 is 1.38 bits per heavy atom. The van der Waals surface area contributed by atoms with E-state index in [1.165, 1.54) is 37.7 Å². The molecule has 1 aromatic rings. The van der Waals surface area contributed by atoms with E-state index in [2.05, 4.69) is 37.1 Å². The maximum absolute atomic E-state index is 6.22. The monoisotopic (exact) mass is 290 g/mol. The van der Waals surface area contributed by atoms with Crippen molar-refractivity contribution in [1.29, 1.82) is 0 Å². The van der Waals surface area contributed by atoms with Crippen molar-refractivity contribution in [3.63, 3.8) is 0 Å². The highest BCUT2D eigenvalue weighted by Gasteiger charge is 2.23. The Labute approximate surface area is 129 Å². The minimum absolute atomic E-state index is 0.349. The third-order valence-corrected chi connectivity index (χ3v) is 4.31. The molecule has 1 aromatic heterocycles. The number of nitrogens with zero attached hydrogens (tertiary/aromatic N) is 1. The van der Waals surface area contributed by atoms with Crippen LogP contribution in [-0.4, -0.2) is 17.6 Å². The maximum atomic E-state index is 6.22. The summed E-state index contributed by atoms with van der Waals surface area (Å²) in [5.41, 5.74) is 1.18. The second-order valence-corrected chi connectivity index (χ2v) is 6.67. The quantitative estimate of drug-likeness (QED) is 0.818. The SMILES string of the molecule is CCC1CCCC(Oc2ncccc2CNCC(C)C)C1. The summed E-state index contributed by atoms with van der Waals surface area (Å²) in [5.74, 6) is 2.32. The number of aromatic nitrogens is 1. The molecule has 1 aliphatic rings. The lowest BCUT2D eigenvalue weighted by atomic mass is 9.85. The minimum Gasteiger partial charge on any atom is -0.474 e. The van der Waals surface area contributed by atoms with Crippen molar-refractivity contribution in [2.24, 2.45) is 11.8 Å². The zero-order valence-corrected chi connectivity index (χ0v) is 13.8. The van der Waals surface area contributed by atoms with Gasteiger partial charge in [0.2, 0.25) is 5.88 Å². The molecule has 1 N–H and O–H groups in total. The highest BCUT2D eigenvalue weighted by Crippen LogP contribution is 2.29. The van der Waals surface area contributed by atoms with Gasteiger partial charge in [-0.15, -0.1) is 0 Å². The lowest BCUT2D eigenvalue weighted by Crippen LogP contribution is -2.26. The van der Waals surface area contributed by atoms with E-state index in [4.69, 9.17) is 4.74 Å². The fourth-order valence-corrected chi connectivity index (χ4v) is 3.04. The molecule has 21 heavy (non-hydrogen) atoms. The van der Waals surface area contributed by atoms with Crippen LogP contribution in [0, 0.1) is 11.8 Å². The Bertz CT molecular complexity index is 419. The molecule has 0 amide bonds. The average molecular weight is 290 g/mol. The molecule has 1 aliphatic carbocycles. The Balaban J connectivity index is 1.92. The molecule has 0 aliphatic heterocycles. The van der Waals surface area contributed by atoms with Crippen molar-refractivity contribution in [2.45, 2.75) is 65.5 Å². The lowest BCUT2D eigenvalue weighted by molar-refractivity contribution is 0.115. The highest BCUT2D eigenvalue weighted by molar-refractivity contribution is 5.25. The van der Waals surface area contributed by atoms with E-state index >= 15 is 0 Å². The molecule has 2 rings (SSSR count). The molecule has 1 saturated carbocycles. The number of rotatable bonds is 7. The van der Waals surface area contributed by atoms with Crippen molar-refractivity contribution in [3.8, 4) is 5.88 Å². The third-order valence-electron chi connectivity index (χ3n) is 4.31. The molecule has 0 saturated heterocycles. The Morgan fingerprint density at radius 2 is 2.24 bits per heavy atom. The molecular formula is C18H30N2O. The highest BCUT2D eigenvalue weighted by atomic mass is 16.5. The van der Waals surface area contributed by atoms with Crippen LogP contribution >= 0.6 is 0 Å². The Hall–Kier alpha value is -1.09. The zero-order chi connectivity index (χ0) is 15.1. The summed E-state index contributed by atoms with van der Waals surface area (Å²) in [6, 6.07) is 4.12. The normalized spacial score (nSPS) is 22.5. The third kappa shape index (κ3) is 5.31. The summed E-state index contributed by atoms with van der Waals surface area (Å²) in [4.78, 5) is 4.46. The van der Waals surface area contributed by atoms with Gasteiger partial charge < -0.3 is 10.1 Å². The summed E-state index contributed by atoms with van der Waals surface area (Å²) in [6.07, 6.45) is 8.46. The second-order valence-electron chi connectivity index (χ2n) is 6.67. The number of hydrogen-bond donors (Lipinski definition) is 1. The van der Waals surface area contributed by atoms with Gasteiger partial charge in [-0.25, -0.2) is 4.98 Å². The smallest absolute Gasteiger partial charge is 0.218 e. The molecule has 118 valence electrons. The molecule has 0 bridgehead atoms. The summed E-state index contributed by atoms with van der Waals surface area (Å²) in [5, 5.41) is 3.48. The van der Waals surface area contributed by atoms with Gasteiger partial charge in [0.1, 0.15) is 6.10 Å². The van der Waals surface area contributed by atoms with Crippen LogP contribution in [0.5, 0.6) is 5.88 Å². The van der Waals surface area contributed by atoms with Crippen LogP contribution in [0.2, 0.25) is 0 Å². The first-order chi connectivity index (χ1) is 10.2. The van der Waals surface area contributed by atoms with E-state index in [1.807, 2.05) is 12.3 Å². The summed E-state index contributed by atoms with van der Waals surface area (Å²) < 4.78 is 6.22. The van der Waals surface area contributed by atoms with Crippen molar-refractivity contribution in [2.75, 3.05) is 6.54 Å². The van der Waals surface area contributed by atoms with Crippen LogP contribution < -0.4 is 10.1 Å². The standard InChI is InChI=1S/C18H30N2O/c1-4-15-7-5-9-17(11-15)21-18-16(8-6-10-20-18)13-19-12-14(2)3/h6,8,10,14-15,17,19H,4-5,7,9,11-13H2,1-3H3. The van der Waals surface area contributed by atoms with E-state index in [0.29, 0.717) is 12.0 Å². The predicted octanol–water partition coefficient (Wildman–Crippen LogP) is 4.17. The number of hydrogen-bond acceptors (Lipinski definition) is 3. The molecular weight excluding hydrogens is 260 g/mol. The molecule has 3 heteroatoms. The van der Waals surface area contributed by atoms with Gasteiger partial charge in [0, 0.05) is 18.3 Å². The van der Waals surface area contributed by atoms with E-state index in [0.717, 1.165) is 24.9 Å². The fraction of sp³-hybridized carbons (Fsp3) is 0.722. The van der Waals surface area contributed by atoms with Gasteiger partial charge in [0.15, 0.2) is 0 Å². The van der Waals surface area contributed by atoms with Crippen molar-refractivity contribution < 1.29 is 4.74 Å². The molecule has 1 fully saturated rings. The van der Waals surface area contributed by atoms with Gasteiger partial charge in [-0.05, 0) is 43.7 Å². The summed E-state index contributed by atoms with van der Waals surface area (Å²) in [6.45, 7) is 8.59. The Kier molecular flexibility index (Phi) is 6.50. The van der Waals surface area contributed by atoms with Gasteiger partial charge in [0.05, 0.1) is 0 Å². The minimum atomic E-state index is 0.349. The van der Waals surface area contributed by atoms with Gasteiger partial charge in [0.25, 0.3) is 0 Å². The first kappa shape index (κ1) is 16.3. The fourth-order valence-electron chi connectivity index (χ4n) is 3.04. The van der Waals surface area contributed by atoms with Crippen LogP contribution in [-0.2, 0) is 6.54 Å². The largest absolute Gasteiger partial charge is 0.474 e. The van der Waals surface area contributed by atoms with Gasteiger partial charge in [-0.2, -0.15) is 0 Å². The van der Waals surface area contributed by atoms with Crippen LogP contribution in [0.4, 0.5) is 0 Å². The molecule has 2 atom stereocenters. The summed E-state index contributed by atoms with van der Waals surface area (Å²) >= 11 is 0. The number of pyridine rings is 1. The number of ether oxygens (including phenoxy) is 1. The first-order valence-corrected chi connectivity index (χ1v) is 8.50. The predicted molar refractivity (Wildman–Crippen MR) is 87.4 cm³/mol. The molecule has 0 spiro atoms. The summed E-state index contributed by atoms with van der Waals surface area (Å²) in [7, 11) is 0. The van der Waals surface area contributed by atoms with Crippen molar-refractivity contribution in [1.82, 2.24) is 10.3 Å². The lowest BCUT2D eigenvalue weighted by Gasteiger charge is -2.29. The Morgan fingerprint density at radius 3 is 3.00 bits per heavy atom. The van der Waals surface area contributed by atoms with E-state index in [1.54, 1.807) is 0 Å². The topological polar surface area (TPSA) is 34.1 Å². The molecule has 0 radical (unpaired) electrons. The number of nitrogens with one attached hydrogen (secondary N) is 1. The molecule has 0 aromatic carbocycles. The van der Waals surface area contributed by atoms with Crippen molar-refractivity contribution >= 4 is 0 Å².